The van der Waals surface area contributed by atoms with Gasteiger partial charge in [0.25, 0.3) is 0 Å². The van der Waals surface area contributed by atoms with Gasteiger partial charge in [0, 0.05) is 25.2 Å². The molecule has 1 aliphatic rings. The molecule has 0 saturated heterocycles. The highest BCUT2D eigenvalue weighted by atomic mass is 16.2. The normalized spacial score (nSPS) is 19.2. The number of nitrogens with zero attached hydrogens (tertiary/aromatic N) is 3. The van der Waals surface area contributed by atoms with Crippen LogP contribution in [0.4, 0.5) is 5.82 Å². The van der Waals surface area contributed by atoms with Gasteiger partial charge in [-0.3, -0.25) is 9.69 Å². The number of fused-ring (bicyclic) bond motifs is 1. The number of nitrogens with two attached hydrogens (primary N) is 1. The second-order valence-electron chi connectivity index (χ2n) is 4.77. The molecule has 1 atom stereocenters. The van der Waals surface area contributed by atoms with E-state index in [2.05, 4.69) is 5.10 Å². The summed E-state index contributed by atoms with van der Waals surface area (Å²) in [5.41, 5.74) is 7.75. The summed E-state index contributed by atoms with van der Waals surface area (Å²) in [5, 5.41) is 4.57. The SMILES string of the molecule is CN1C(=O)C(N)CCn2nc(-c3ccccc3)cc21. The van der Waals surface area contributed by atoms with Crippen molar-refractivity contribution in [1.82, 2.24) is 9.78 Å². The van der Waals surface area contributed by atoms with Crippen LogP contribution in [0.1, 0.15) is 6.42 Å². The minimum atomic E-state index is -0.438. The first-order valence-electron chi connectivity index (χ1n) is 6.33. The molecule has 98 valence electrons. The zero-order valence-electron chi connectivity index (χ0n) is 10.8. The minimum Gasteiger partial charge on any atom is -0.320 e. The molecule has 1 unspecified atom stereocenters. The van der Waals surface area contributed by atoms with E-state index in [1.165, 1.54) is 0 Å². The van der Waals surface area contributed by atoms with Crippen LogP contribution in [-0.2, 0) is 11.3 Å². The summed E-state index contributed by atoms with van der Waals surface area (Å²) in [6.45, 7) is 0.666. The summed E-state index contributed by atoms with van der Waals surface area (Å²) in [7, 11) is 1.75. The molecule has 19 heavy (non-hydrogen) atoms. The number of carbonyl (C=O) groups is 1. The highest BCUT2D eigenvalue weighted by Crippen LogP contribution is 2.26. The van der Waals surface area contributed by atoms with Gasteiger partial charge in [-0.25, -0.2) is 4.68 Å². The van der Waals surface area contributed by atoms with Crippen LogP contribution in [0.25, 0.3) is 11.3 Å². The maximum atomic E-state index is 12.0. The molecule has 0 radical (unpaired) electrons. The first-order valence-corrected chi connectivity index (χ1v) is 6.33. The molecule has 1 aromatic carbocycles. The summed E-state index contributed by atoms with van der Waals surface area (Å²) in [5.74, 6) is 0.745. The van der Waals surface area contributed by atoms with Crippen molar-refractivity contribution in [2.75, 3.05) is 11.9 Å². The van der Waals surface area contributed by atoms with E-state index < -0.39 is 6.04 Å². The largest absolute Gasteiger partial charge is 0.320 e. The van der Waals surface area contributed by atoms with E-state index in [0.717, 1.165) is 17.1 Å². The van der Waals surface area contributed by atoms with Crippen molar-refractivity contribution in [3.8, 4) is 11.3 Å². The number of aryl methyl sites for hydroxylation is 1. The fourth-order valence-electron chi connectivity index (χ4n) is 2.34. The van der Waals surface area contributed by atoms with Crippen LogP contribution in [0.5, 0.6) is 0 Å². The maximum absolute atomic E-state index is 12.0. The fraction of sp³-hybridized carbons (Fsp3) is 0.286. The standard InChI is InChI=1S/C14H16N4O/c1-17-13-9-12(10-5-3-2-4-6-10)16-18(13)8-7-11(15)14(17)19/h2-6,9,11H,7-8,15H2,1H3. The van der Waals surface area contributed by atoms with E-state index in [1.54, 1.807) is 11.9 Å². The van der Waals surface area contributed by atoms with Crippen molar-refractivity contribution in [1.29, 1.82) is 0 Å². The van der Waals surface area contributed by atoms with Gasteiger partial charge in [-0.2, -0.15) is 5.10 Å². The Morgan fingerprint density at radius 1 is 1.32 bits per heavy atom. The van der Waals surface area contributed by atoms with Gasteiger partial charge in [-0.05, 0) is 6.42 Å². The van der Waals surface area contributed by atoms with Gasteiger partial charge in [-0.1, -0.05) is 30.3 Å². The Morgan fingerprint density at radius 3 is 2.79 bits per heavy atom. The van der Waals surface area contributed by atoms with E-state index in [4.69, 9.17) is 5.73 Å². The van der Waals surface area contributed by atoms with Crippen molar-refractivity contribution in [2.45, 2.75) is 19.0 Å². The average Bonchev–Trinajstić information content (AvgIpc) is 2.84. The first kappa shape index (κ1) is 11.9. The van der Waals surface area contributed by atoms with Crippen LogP contribution < -0.4 is 10.6 Å². The average molecular weight is 256 g/mol. The summed E-state index contributed by atoms with van der Waals surface area (Å²) < 4.78 is 1.85. The maximum Gasteiger partial charge on any atom is 0.244 e. The lowest BCUT2D eigenvalue weighted by Crippen LogP contribution is -2.40. The molecule has 1 aliphatic heterocycles. The summed E-state index contributed by atoms with van der Waals surface area (Å²) >= 11 is 0. The number of anilines is 1. The number of benzene rings is 1. The second kappa shape index (κ2) is 4.51. The van der Waals surface area contributed by atoms with Crippen molar-refractivity contribution in [2.24, 2.45) is 5.73 Å². The molecule has 0 fully saturated rings. The lowest BCUT2D eigenvalue weighted by Gasteiger charge is -2.16. The van der Waals surface area contributed by atoms with E-state index in [1.807, 2.05) is 41.1 Å². The molecule has 5 heteroatoms. The molecule has 0 bridgehead atoms. The Labute approximate surface area is 111 Å². The third-order valence-corrected chi connectivity index (χ3v) is 3.47. The zero-order chi connectivity index (χ0) is 13.4. The summed E-state index contributed by atoms with van der Waals surface area (Å²) in [6, 6.07) is 11.4. The Hall–Kier alpha value is -2.14. The monoisotopic (exact) mass is 256 g/mol. The molecule has 0 spiro atoms. The van der Waals surface area contributed by atoms with E-state index in [0.29, 0.717) is 13.0 Å². The molecule has 2 heterocycles. The van der Waals surface area contributed by atoms with Crippen LogP contribution in [0.2, 0.25) is 0 Å². The quantitative estimate of drug-likeness (QED) is 0.835. The fourth-order valence-corrected chi connectivity index (χ4v) is 2.34. The third kappa shape index (κ3) is 2.02. The second-order valence-corrected chi connectivity index (χ2v) is 4.77. The smallest absolute Gasteiger partial charge is 0.244 e. The van der Waals surface area contributed by atoms with Crippen LogP contribution in [-0.4, -0.2) is 28.8 Å². The third-order valence-electron chi connectivity index (χ3n) is 3.47. The van der Waals surface area contributed by atoms with Crippen LogP contribution in [0.3, 0.4) is 0 Å². The Bertz CT molecular complexity index is 605. The zero-order valence-corrected chi connectivity index (χ0v) is 10.8. The molecular weight excluding hydrogens is 240 g/mol. The van der Waals surface area contributed by atoms with Gasteiger partial charge in [0.05, 0.1) is 11.7 Å². The predicted octanol–water partition coefficient (Wildman–Crippen LogP) is 1.24. The van der Waals surface area contributed by atoms with Gasteiger partial charge in [-0.15, -0.1) is 0 Å². The van der Waals surface area contributed by atoms with Crippen LogP contribution in [0.15, 0.2) is 36.4 Å². The number of hydrogen-bond acceptors (Lipinski definition) is 3. The molecule has 0 saturated carbocycles. The highest BCUT2D eigenvalue weighted by Gasteiger charge is 2.26. The van der Waals surface area contributed by atoms with Gasteiger partial charge in [0.1, 0.15) is 5.82 Å². The Morgan fingerprint density at radius 2 is 2.05 bits per heavy atom. The molecule has 5 nitrogen and oxygen atoms in total. The van der Waals surface area contributed by atoms with Gasteiger partial charge >= 0.3 is 0 Å². The number of carbonyl (C=O) groups excluding carboxylic acids is 1. The van der Waals surface area contributed by atoms with Gasteiger partial charge in [0.2, 0.25) is 5.91 Å². The Balaban J connectivity index is 2.03. The number of amides is 1. The minimum absolute atomic E-state index is 0.0572. The molecule has 1 amide bonds. The van der Waals surface area contributed by atoms with Crippen molar-refractivity contribution in [3.63, 3.8) is 0 Å². The van der Waals surface area contributed by atoms with Crippen molar-refractivity contribution < 1.29 is 4.79 Å². The van der Waals surface area contributed by atoms with Crippen LogP contribution in [0, 0.1) is 0 Å². The number of likely N-dealkylation sites (N-methyl/N-ethyl adjacent to an activating group) is 1. The van der Waals surface area contributed by atoms with Gasteiger partial charge in [0.15, 0.2) is 0 Å². The summed E-state index contributed by atoms with van der Waals surface area (Å²) in [4.78, 5) is 13.6. The molecule has 2 N–H and O–H groups in total. The molecule has 3 rings (SSSR count). The Kier molecular flexibility index (Phi) is 2.83. The molecule has 1 aromatic heterocycles. The van der Waals surface area contributed by atoms with Crippen molar-refractivity contribution >= 4 is 11.7 Å². The molecule has 2 aromatic rings. The first-order chi connectivity index (χ1) is 9.16. The van der Waals surface area contributed by atoms with Crippen molar-refractivity contribution in [3.05, 3.63) is 36.4 Å². The highest BCUT2D eigenvalue weighted by molar-refractivity contribution is 5.96. The van der Waals surface area contributed by atoms with Crippen LogP contribution >= 0.6 is 0 Å². The van der Waals surface area contributed by atoms with E-state index in [-0.39, 0.29) is 5.91 Å². The number of hydrogen-bond donors (Lipinski definition) is 1. The summed E-state index contributed by atoms with van der Waals surface area (Å²) in [6.07, 6.45) is 0.617. The van der Waals surface area contributed by atoms with E-state index in [9.17, 15) is 4.79 Å². The topological polar surface area (TPSA) is 64.2 Å². The van der Waals surface area contributed by atoms with E-state index >= 15 is 0 Å². The lowest BCUT2D eigenvalue weighted by atomic mass is 10.1. The lowest BCUT2D eigenvalue weighted by molar-refractivity contribution is -0.119. The molecule has 0 aliphatic carbocycles. The predicted molar refractivity (Wildman–Crippen MR) is 73.7 cm³/mol. The molecular formula is C14H16N4O. The number of aromatic nitrogens is 2. The van der Waals surface area contributed by atoms with Gasteiger partial charge < -0.3 is 5.73 Å². The number of rotatable bonds is 1.